The number of methoxy groups -OCH3 is 1. The van der Waals surface area contributed by atoms with Gasteiger partial charge in [-0.1, -0.05) is 54.4 Å². The number of hydrogen-bond acceptors (Lipinski definition) is 8. The maximum Gasteiger partial charge on any atom is 0.264 e. The summed E-state index contributed by atoms with van der Waals surface area (Å²) in [7, 11) is 1.59. The molecule has 5 rings (SSSR count). The zero-order chi connectivity index (χ0) is 31.8. The molecule has 3 aromatic carbocycles. The molecule has 1 saturated heterocycles. The van der Waals surface area contributed by atoms with Crippen molar-refractivity contribution in [2.45, 2.75) is 57.3 Å². The summed E-state index contributed by atoms with van der Waals surface area (Å²) in [4.78, 5) is 47.3. The minimum absolute atomic E-state index is 0.00946. The largest absolute Gasteiger partial charge is 0.497 e. The molecule has 1 aliphatic heterocycles. The number of ketones is 2. The van der Waals surface area contributed by atoms with Crippen molar-refractivity contribution in [3.63, 3.8) is 0 Å². The molecule has 0 radical (unpaired) electrons. The molecule has 9 nitrogen and oxygen atoms in total. The fourth-order valence-corrected chi connectivity index (χ4v) is 5.83. The van der Waals surface area contributed by atoms with Gasteiger partial charge < -0.3 is 24.5 Å². The van der Waals surface area contributed by atoms with Crippen LogP contribution in [-0.2, 0) is 27.4 Å². The number of aromatic nitrogens is 1. The zero-order valence-corrected chi connectivity index (χ0v) is 26.1. The zero-order valence-electron chi connectivity index (χ0n) is 25.3. The maximum atomic E-state index is 14.0. The van der Waals surface area contributed by atoms with Gasteiger partial charge in [0.2, 0.25) is 11.7 Å². The van der Waals surface area contributed by atoms with E-state index in [-0.39, 0.29) is 48.9 Å². The quantitative estimate of drug-likeness (QED) is 0.129. The van der Waals surface area contributed by atoms with E-state index in [2.05, 4.69) is 4.98 Å². The molecule has 0 unspecified atom stereocenters. The Balaban J connectivity index is 1.33. The number of nitrogens with two attached hydrogens (primary N) is 1. The van der Waals surface area contributed by atoms with Crippen LogP contribution in [0.5, 0.6) is 5.75 Å². The minimum atomic E-state index is -0.723. The van der Waals surface area contributed by atoms with Gasteiger partial charge in [0.05, 0.1) is 32.3 Å². The van der Waals surface area contributed by atoms with Crippen molar-refractivity contribution in [2.24, 2.45) is 11.7 Å². The predicted molar refractivity (Wildman–Crippen MR) is 171 cm³/mol. The molecule has 0 aliphatic carbocycles. The molecular formula is C35H38ClN3O6. The summed E-state index contributed by atoms with van der Waals surface area (Å²) in [5.41, 5.74) is 8.57. The fraction of sp³-hybridized carbons (Fsp3) is 0.371. The average Bonchev–Trinajstić information content (AvgIpc) is 3.69. The van der Waals surface area contributed by atoms with Gasteiger partial charge in [0.15, 0.2) is 11.4 Å². The number of carbonyl (C=O) groups excluding carboxylic acids is 3. The Morgan fingerprint density at radius 2 is 1.76 bits per heavy atom. The summed E-state index contributed by atoms with van der Waals surface area (Å²) in [6.07, 6.45) is 1.94. The second-order valence-electron chi connectivity index (χ2n) is 11.4. The normalized spacial score (nSPS) is 17.0. The first-order valence-electron chi connectivity index (χ1n) is 15.3. The lowest BCUT2D eigenvalue weighted by Gasteiger charge is -2.25. The third kappa shape index (κ3) is 8.36. The third-order valence-corrected chi connectivity index (χ3v) is 8.45. The highest BCUT2D eigenvalue weighted by Gasteiger charge is 2.41. The number of oxazole rings is 1. The number of halogens is 1. The number of ether oxygens (including phenoxy) is 2. The number of rotatable bonds is 15. The molecule has 2 N–H and O–H groups in total. The highest BCUT2D eigenvalue weighted by atomic mass is 35.5. The molecule has 4 aromatic rings. The number of nitrogens with zero attached hydrogens (tertiary/aromatic N) is 2. The number of hydrogen-bond donors (Lipinski definition) is 1. The smallest absolute Gasteiger partial charge is 0.264 e. The number of Topliss-reactive ketones (excluding diaryl/α,β-unsaturated/α-hetero) is 2. The molecule has 0 bridgehead atoms. The van der Waals surface area contributed by atoms with Crippen LogP contribution in [0.25, 0.3) is 11.1 Å². The Labute approximate surface area is 267 Å². The summed E-state index contributed by atoms with van der Waals surface area (Å²) in [5, 5.41) is 0.633. The lowest BCUT2D eigenvalue weighted by Crippen LogP contribution is -2.42. The molecule has 0 saturated carbocycles. The first kappa shape index (κ1) is 32.3. The van der Waals surface area contributed by atoms with Gasteiger partial charge in [-0.25, -0.2) is 4.98 Å². The highest BCUT2D eigenvalue weighted by molar-refractivity contribution is 6.30. The lowest BCUT2D eigenvalue weighted by atomic mass is 9.89. The van der Waals surface area contributed by atoms with Gasteiger partial charge in [-0.3, -0.25) is 14.4 Å². The molecule has 3 atom stereocenters. The molecular weight excluding hydrogens is 594 g/mol. The van der Waals surface area contributed by atoms with Crippen LogP contribution in [0, 0.1) is 5.92 Å². The van der Waals surface area contributed by atoms with Crippen molar-refractivity contribution in [1.29, 1.82) is 0 Å². The molecule has 0 spiro atoms. The van der Waals surface area contributed by atoms with E-state index in [4.69, 9.17) is 31.2 Å². The maximum absolute atomic E-state index is 14.0. The van der Waals surface area contributed by atoms with E-state index in [9.17, 15) is 14.4 Å². The van der Waals surface area contributed by atoms with E-state index in [1.165, 1.54) is 0 Å². The van der Waals surface area contributed by atoms with E-state index in [1.54, 1.807) is 48.4 Å². The minimum Gasteiger partial charge on any atom is -0.497 e. The number of para-hydroxylation sites is 2. The van der Waals surface area contributed by atoms with Crippen molar-refractivity contribution in [3.05, 3.63) is 94.8 Å². The van der Waals surface area contributed by atoms with E-state index in [0.29, 0.717) is 54.3 Å². The van der Waals surface area contributed by atoms with E-state index in [1.807, 2.05) is 36.4 Å². The van der Waals surface area contributed by atoms with Crippen LogP contribution in [0.4, 0.5) is 0 Å². The number of fused-ring (bicyclic) bond motifs is 1. The number of amides is 1. The van der Waals surface area contributed by atoms with Crippen LogP contribution in [0.3, 0.4) is 0 Å². The van der Waals surface area contributed by atoms with Crippen molar-refractivity contribution >= 4 is 40.2 Å². The summed E-state index contributed by atoms with van der Waals surface area (Å²) in [6.45, 7) is 1.08. The van der Waals surface area contributed by atoms with E-state index >= 15 is 0 Å². The number of benzene rings is 3. The highest BCUT2D eigenvalue weighted by Crippen LogP contribution is 2.29. The third-order valence-electron chi connectivity index (χ3n) is 8.20. The molecule has 1 amide bonds. The van der Waals surface area contributed by atoms with Crippen molar-refractivity contribution in [3.8, 4) is 5.75 Å². The first-order valence-corrected chi connectivity index (χ1v) is 15.6. The SMILES string of the molecule is COc1ccc(CC(=O)N2C[C@H](OCc3ccc(Cl)cc3)C[C@H]2C(=O)C[C@@H](CCCCN)C(=O)c2nc3ccccc3o2)cc1. The second-order valence-corrected chi connectivity index (χ2v) is 11.8. The summed E-state index contributed by atoms with van der Waals surface area (Å²) >= 11 is 6.02. The lowest BCUT2D eigenvalue weighted by molar-refractivity contribution is -0.137. The average molecular weight is 632 g/mol. The summed E-state index contributed by atoms with van der Waals surface area (Å²) < 4.78 is 17.2. The van der Waals surface area contributed by atoms with Crippen molar-refractivity contribution in [2.75, 3.05) is 20.2 Å². The summed E-state index contributed by atoms with van der Waals surface area (Å²) in [6, 6.07) is 21.1. The van der Waals surface area contributed by atoms with Gasteiger partial charge >= 0.3 is 0 Å². The van der Waals surface area contributed by atoms with Gasteiger partial charge in [-0.05, 0) is 66.9 Å². The van der Waals surface area contributed by atoms with Crippen LogP contribution in [0.1, 0.15) is 53.9 Å². The van der Waals surface area contributed by atoms with Gasteiger partial charge in [0.1, 0.15) is 11.3 Å². The first-order chi connectivity index (χ1) is 21.8. The summed E-state index contributed by atoms with van der Waals surface area (Å²) in [5.74, 6) is -0.644. The Morgan fingerprint density at radius 3 is 2.47 bits per heavy atom. The molecule has 1 aromatic heterocycles. The van der Waals surface area contributed by atoms with E-state index in [0.717, 1.165) is 17.5 Å². The predicted octanol–water partition coefficient (Wildman–Crippen LogP) is 5.81. The van der Waals surface area contributed by atoms with Crippen LogP contribution in [-0.4, -0.2) is 59.7 Å². The Bertz CT molecular complexity index is 1570. The standard InChI is InChI=1S/C35H38ClN3O6/c1-43-27-15-11-23(12-16-27)18-33(41)39-21-28(44-22-24-9-13-26(36)14-10-24)20-30(39)31(40)19-25(6-4-5-17-37)34(42)35-38-29-7-2-3-8-32(29)45-35/h2-3,7-16,25,28,30H,4-6,17-22,37H2,1H3/t25-,28-,30+/m1/s1. The topological polar surface area (TPSA) is 125 Å². The Kier molecular flexibility index (Phi) is 11.0. The Morgan fingerprint density at radius 1 is 1.02 bits per heavy atom. The Hall–Kier alpha value is -4.05. The fourth-order valence-electron chi connectivity index (χ4n) is 5.71. The van der Waals surface area contributed by atoms with E-state index < -0.39 is 12.0 Å². The van der Waals surface area contributed by atoms with Crippen LogP contribution in [0.2, 0.25) is 5.02 Å². The molecule has 1 fully saturated rings. The van der Waals surface area contributed by atoms with Gasteiger partial charge in [0, 0.05) is 30.3 Å². The number of unbranched alkanes of at least 4 members (excludes halogenated alkanes) is 1. The van der Waals surface area contributed by atoms with Crippen LogP contribution < -0.4 is 10.5 Å². The molecule has 10 heteroatoms. The number of carbonyl (C=O) groups is 3. The molecule has 236 valence electrons. The van der Waals surface area contributed by atoms with Gasteiger partial charge in [-0.2, -0.15) is 0 Å². The molecule has 1 aliphatic rings. The molecule has 2 heterocycles. The second kappa shape index (κ2) is 15.3. The van der Waals surface area contributed by atoms with Crippen LogP contribution >= 0.6 is 11.6 Å². The van der Waals surface area contributed by atoms with Gasteiger partial charge in [0.25, 0.3) is 5.89 Å². The monoisotopic (exact) mass is 631 g/mol. The van der Waals surface area contributed by atoms with Crippen LogP contribution in [0.15, 0.2) is 77.2 Å². The van der Waals surface area contributed by atoms with Gasteiger partial charge in [-0.15, -0.1) is 0 Å². The molecule has 45 heavy (non-hydrogen) atoms. The van der Waals surface area contributed by atoms with Crippen molar-refractivity contribution in [1.82, 2.24) is 9.88 Å². The number of likely N-dealkylation sites (tertiary alicyclic amines) is 1. The van der Waals surface area contributed by atoms with Crippen molar-refractivity contribution < 1.29 is 28.3 Å².